The zero-order valence-corrected chi connectivity index (χ0v) is 85.9. The first-order chi connectivity index (χ1) is 53.7. The number of ether oxygens (including phenoxy) is 7. The monoisotopic (exact) mass is 1980 g/mol. The van der Waals surface area contributed by atoms with Crippen LogP contribution in [0.2, 0.25) is 90.7 Å². The molecule has 0 fully saturated rings. The van der Waals surface area contributed by atoms with Crippen molar-refractivity contribution in [2.24, 2.45) is 0 Å². The molecule has 648 valence electrons. The minimum atomic E-state index is -1.86. The maximum Gasteiger partial charge on any atom is 0.343 e. The van der Waals surface area contributed by atoms with Gasteiger partial charge in [0.2, 0.25) is 33.3 Å². The number of phenolic OH excluding ortho intramolecular Hbond substituents is 4. The second-order valence-corrected chi connectivity index (χ2v) is 63.7. The van der Waals surface area contributed by atoms with Crippen LogP contribution in [0.4, 0.5) is 0 Å². The molecule has 0 saturated carbocycles. The molecule has 0 amide bonds. The lowest BCUT2D eigenvalue weighted by Crippen LogP contribution is -2.43. The van der Waals surface area contributed by atoms with Gasteiger partial charge in [-0.15, -0.1) is 0 Å². The van der Waals surface area contributed by atoms with Gasteiger partial charge in [-0.3, -0.25) is 4.79 Å². The summed E-state index contributed by atoms with van der Waals surface area (Å²) in [5.74, 6) is 5.88. The van der Waals surface area contributed by atoms with Crippen molar-refractivity contribution >= 4 is 133 Å². The van der Waals surface area contributed by atoms with E-state index in [0.717, 1.165) is 44.5 Å². The number of benzene rings is 8. The van der Waals surface area contributed by atoms with Crippen molar-refractivity contribution in [2.45, 2.75) is 208 Å². The van der Waals surface area contributed by atoms with E-state index in [0.29, 0.717) is 38.7 Å². The second kappa shape index (κ2) is 49.7. The minimum absolute atomic E-state index is 0.114. The zero-order valence-electron chi connectivity index (χ0n) is 73.8. The molecule has 0 aliphatic carbocycles. The van der Waals surface area contributed by atoms with Crippen LogP contribution < -0.4 is 36.7 Å². The van der Waals surface area contributed by atoms with E-state index in [1.54, 1.807) is 60.7 Å². The van der Waals surface area contributed by atoms with Crippen LogP contribution in [0.15, 0.2) is 201 Å². The average Bonchev–Trinajstić information content (AvgIpc) is 0.825. The lowest BCUT2D eigenvalue weighted by molar-refractivity contribution is -0.143. The van der Waals surface area contributed by atoms with Crippen molar-refractivity contribution in [1.29, 1.82) is 0 Å². The Morgan fingerprint density at radius 1 is 0.333 bits per heavy atom. The summed E-state index contributed by atoms with van der Waals surface area (Å²) in [4.78, 5) is 31.7. The summed E-state index contributed by atoms with van der Waals surface area (Å²) < 4.78 is 61.6. The van der Waals surface area contributed by atoms with Crippen LogP contribution in [0.5, 0.6) is 69.0 Å². The molecule has 0 atom stereocenters. The fourth-order valence-electron chi connectivity index (χ4n) is 7.20. The molecule has 28 heteroatoms. The standard InChI is InChI=1S/C19H26O2Si.C15H23BrO4Si.C13H12O2.C12H19BrO2Si.C12H20O2Si.C9H9BrO4.C6H15ClSi.C3H5BrO2/c1-19(2,3)22(4,5)21-18-13-11-17(12-14-18)20-15-16-9-7-6-8-10-16;1-15(2,3)21(5,6)20-11-7-8-13(12(16)9-11)19-10-14(17)18-4;14-12-6-8-13(9-7-12)15-10-11-4-2-1-3-5-11;1-12(2,3)16(4,5)15-9-6-7-11(14)10(13)8-9;1-12(2,3)15(4,5)14-11-8-6-10(13)7-9-11;1-13-9(12)5-14-8-3-2-6(11)4-7(8)10;1-6(2,3)8(4,5)7;1-6-3(5)2-4/h6-14H,15H2,1-5H3;7-9H,10H2,1-6H3;1-9,14H,10H2;6-8,14H,1-5H3;6-9,13H,1-5H3;2-4,11H,5H2,1H3;1-5H3;2H2,1H3. The molecular weight excluding hydrogens is 1850 g/mol. The summed E-state index contributed by atoms with van der Waals surface area (Å²) in [6, 6.07) is 57.1. The van der Waals surface area contributed by atoms with Gasteiger partial charge in [-0.25, -0.2) is 9.59 Å². The lowest BCUT2D eigenvalue weighted by atomic mass is 10.2. The Labute approximate surface area is 742 Å². The van der Waals surface area contributed by atoms with Gasteiger partial charge < -0.3 is 71.3 Å². The van der Waals surface area contributed by atoms with Gasteiger partial charge in [-0.2, -0.15) is 11.1 Å². The summed E-state index contributed by atoms with van der Waals surface area (Å²) in [6.45, 7) is 56.1. The predicted octanol–water partition coefficient (Wildman–Crippen LogP) is 26.8. The molecule has 0 aromatic heterocycles. The van der Waals surface area contributed by atoms with Crippen molar-refractivity contribution in [2.75, 3.05) is 39.9 Å². The molecular formula is C89H129Br4ClO18Si5. The maximum absolute atomic E-state index is 11.1. The van der Waals surface area contributed by atoms with Crippen molar-refractivity contribution < 1.29 is 85.7 Å². The lowest BCUT2D eigenvalue weighted by Gasteiger charge is -2.36. The molecule has 0 unspecified atom stereocenters. The van der Waals surface area contributed by atoms with Gasteiger partial charge in [0, 0.05) is 0 Å². The highest BCUT2D eigenvalue weighted by molar-refractivity contribution is 9.11. The molecule has 0 saturated heterocycles. The quantitative estimate of drug-likeness (QED) is 0.0172. The van der Waals surface area contributed by atoms with Gasteiger partial charge in [0.25, 0.3) is 0 Å². The number of phenols is 4. The van der Waals surface area contributed by atoms with E-state index in [1.165, 1.54) is 39.0 Å². The Hall–Kier alpha value is -6.94. The van der Waals surface area contributed by atoms with Crippen LogP contribution in [0, 0.1) is 0 Å². The van der Waals surface area contributed by atoms with Crippen molar-refractivity contribution in [1.82, 2.24) is 0 Å². The van der Waals surface area contributed by atoms with Crippen LogP contribution in [-0.2, 0) is 41.8 Å². The molecule has 18 nitrogen and oxygen atoms in total. The molecule has 8 aromatic carbocycles. The average molecular weight is 1980 g/mol. The van der Waals surface area contributed by atoms with E-state index in [9.17, 15) is 24.6 Å². The van der Waals surface area contributed by atoms with E-state index >= 15 is 0 Å². The van der Waals surface area contributed by atoms with Gasteiger partial charge in [0.15, 0.2) is 20.6 Å². The molecule has 8 aromatic rings. The van der Waals surface area contributed by atoms with Crippen LogP contribution in [0.1, 0.15) is 115 Å². The van der Waals surface area contributed by atoms with Crippen molar-refractivity contribution in [3.8, 4) is 69.0 Å². The number of methoxy groups -OCH3 is 3. The predicted molar refractivity (Wildman–Crippen MR) is 505 cm³/mol. The molecule has 0 radical (unpaired) electrons. The third-order valence-corrected chi connectivity index (χ3v) is 44.7. The number of rotatable bonds is 21. The van der Waals surface area contributed by atoms with Crippen molar-refractivity contribution in [3.05, 3.63) is 213 Å². The second-order valence-electron chi connectivity index (χ2n) is 34.4. The van der Waals surface area contributed by atoms with E-state index < -0.39 is 52.6 Å². The van der Waals surface area contributed by atoms with E-state index in [-0.39, 0.29) is 67.7 Å². The van der Waals surface area contributed by atoms with Crippen LogP contribution in [-0.4, -0.2) is 119 Å². The number of hydrogen-bond acceptors (Lipinski definition) is 18. The van der Waals surface area contributed by atoms with Crippen LogP contribution >= 0.6 is 74.8 Å². The summed E-state index contributed by atoms with van der Waals surface area (Å²) in [6.07, 6.45) is 0. The molecule has 0 aliphatic heterocycles. The van der Waals surface area contributed by atoms with E-state index in [4.69, 9.17) is 57.9 Å². The Kier molecular flexibility index (Phi) is 45.9. The Morgan fingerprint density at radius 3 is 0.880 bits per heavy atom. The van der Waals surface area contributed by atoms with E-state index in [1.807, 2.05) is 103 Å². The summed E-state index contributed by atoms with van der Waals surface area (Å²) in [7, 11) is -4.59. The number of aromatic hydroxyl groups is 4. The first-order valence-electron chi connectivity index (χ1n) is 38.0. The fourth-order valence-corrected chi connectivity index (χ4v) is 12.8. The zero-order chi connectivity index (χ0) is 89.8. The first-order valence-corrected chi connectivity index (χ1v) is 57.1. The maximum atomic E-state index is 11.1. The topological polar surface area (TPSA) is 234 Å². The fraction of sp³-hybridized carbons (Fsp3) is 0.427. The van der Waals surface area contributed by atoms with Gasteiger partial charge in [0.1, 0.15) is 87.5 Å². The van der Waals surface area contributed by atoms with E-state index in [2.05, 4.69) is 259 Å². The molecule has 0 aliphatic rings. The number of carbonyl (C=O) groups excluding carboxylic acids is 3. The molecule has 0 heterocycles. The smallest absolute Gasteiger partial charge is 0.343 e. The minimum Gasteiger partial charge on any atom is -0.543 e. The number of halogens is 5. The molecule has 117 heavy (non-hydrogen) atoms. The number of alkyl halides is 1. The first kappa shape index (κ1) is 108. The Bertz CT molecular complexity index is 4200. The van der Waals surface area contributed by atoms with Crippen LogP contribution in [0.25, 0.3) is 0 Å². The third-order valence-electron chi connectivity index (χ3n) is 19.7. The molecule has 8 rings (SSSR count). The number of esters is 3. The summed E-state index contributed by atoms with van der Waals surface area (Å²) >= 11 is 19.0. The van der Waals surface area contributed by atoms with Crippen LogP contribution in [0.3, 0.4) is 0 Å². The largest absolute Gasteiger partial charge is 0.543 e. The third kappa shape index (κ3) is 42.7. The van der Waals surface area contributed by atoms with Gasteiger partial charge in [0.05, 0.1) is 34.7 Å². The molecule has 0 bridgehead atoms. The summed E-state index contributed by atoms with van der Waals surface area (Å²) in [5.41, 5.74) is 2.30. The normalized spacial score (nSPS) is 11.5. The summed E-state index contributed by atoms with van der Waals surface area (Å²) in [5, 5.41) is 38.1. The van der Waals surface area contributed by atoms with Crippen molar-refractivity contribution in [3.63, 3.8) is 0 Å². The molecule has 4 N–H and O–H groups in total. The van der Waals surface area contributed by atoms with Gasteiger partial charge in [-0.1, -0.05) is 194 Å². The highest BCUT2D eigenvalue weighted by Crippen LogP contribution is 2.43. The van der Waals surface area contributed by atoms with Gasteiger partial charge in [-0.05, 0) is 264 Å². The van der Waals surface area contributed by atoms with Gasteiger partial charge >= 0.3 is 17.9 Å². The highest BCUT2D eigenvalue weighted by Gasteiger charge is 2.42. The highest BCUT2D eigenvalue weighted by atomic mass is 79.9. The number of hydrogen-bond donors (Lipinski definition) is 4. The number of carbonyl (C=O) groups is 3. The SMILES string of the molecule is CC(C)(C)[Si](C)(C)Cl.CC(C)(C)[Si](C)(C)Oc1ccc(O)c(Br)c1.CC(C)(C)[Si](C)(C)Oc1ccc(O)cc1.CC(C)(C)[Si](C)(C)Oc1ccc(OCc2ccccc2)cc1.COC(=O)CBr.COC(=O)COc1ccc(O)cc1Br.COC(=O)COc1ccc(O[Si](C)(C)C(C)(C)C)cc1Br.Oc1ccc(OCc2ccccc2)cc1. The molecule has 0 spiro atoms. The Balaban J connectivity index is 0.000000684. The Morgan fingerprint density at radius 2 is 0.598 bits per heavy atom.